The Kier molecular flexibility index (Phi) is 26.9. The average Bonchev–Trinajstić information content (AvgIpc) is 3.85. The largest absolute Gasteiger partial charge is 0.481 e. The van der Waals surface area contributed by atoms with Crippen molar-refractivity contribution in [2.24, 2.45) is 38.7 Å². The summed E-state index contributed by atoms with van der Waals surface area (Å²) < 4.78 is 0. The number of hydrogen-bond acceptors (Lipinski definition) is 15. The second-order valence-electron chi connectivity index (χ2n) is 16.6. The molecule has 1 aliphatic heterocycles. The minimum Gasteiger partial charge on any atom is -0.481 e. The van der Waals surface area contributed by atoms with Crippen molar-refractivity contribution in [3.8, 4) is 0 Å². The van der Waals surface area contributed by atoms with Gasteiger partial charge in [0.05, 0.1) is 39.1 Å². The minimum absolute atomic E-state index is 0.0203. The maximum Gasteiger partial charge on any atom is 0.326 e. The first-order chi connectivity index (χ1) is 35.0. The Morgan fingerprint density at radius 2 is 1.14 bits per heavy atom. The van der Waals surface area contributed by atoms with Crippen molar-refractivity contribution < 1.29 is 67.7 Å². The summed E-state index contributed by atoms with van der Waals surface area (Å²) in [5, 5.41) is 39.5. The first-order valence-electron chi connectivity index (χ1n) is 23.2. The Hall–Kier alpha value is -8.64. The van der Waals surface area contributed by atoms with Crippen LogP contribution in [-0.2, 0) is 64.0 Å². The number of hydrogen-bond donors (Lipinski definition) is 16. The van der Waals surface area contributed by atoms with Crippen LogP contribution in [0.4, 0.5) is 0 Å². The van der Waals surface area contributed by atoms with E-state index in [9.17, 15) is 62.6 Å². The monoisotopic (exact) mass is 1050 g/mol. The number of nitrogens with one attached hydrogen (secondary N) is 9. The Balaban J connectivity index is 2.23. The summed E-state index contributed by atoms with van der Waals surface area (Å²) in [4.78, 5) is 161. The van der Waals surface area contributed by atoms with Gasteiger partial charge in [0, 0.05) is 26.1 Å². The lowest BCUT2D eigenvalue weighted by Gasteiger charge is -2.28. The standard InChI is InChI=1S/C43H67N17O14/c1-23(55-31(62)19-51-30(61)18-44)36(68)54-22-34(65)60-15-7-12-29(60)40(72)58-26(11-6-14-50-43(47)48)39(71)59-27(16-24-8-3-2-4-9-24)38(70)53-20-32(63)56-25(10-5-13-49-42(45)46)37(69)52-21-33(64)57-28(41(73)74)17-35(66)67/h2-4,8-9,23,25-29H,5-7,10-22,44H2,1H3,(H,51,61)(H,52,69)(H,53,70)(H,54,68)(H,55,62)(H,56,63)(H,57,64)(H,58,72)(H,59,71)(H,66,67)(H,73,74)(H4,45,46,49)(H4,47,48,50)/t23-,25-,26-,27-,28-,29-/m0/s1. The highest BCUT2D eigenvalue weighted by Crippen LogP contribution is 2.18. The number of carbonyl (C=O) groups excluding carboxylic acids is 10. The molecular formula is C43H67N17O14. The number of carbonyl (C=O) groups is 12. The van der Waals surface area contributed by atoms with Gasteiger partial charge in [-0.15, -0.1) is 0 Å². The van der Waals surface area contributed by atoms with Crippen LogP contribution in [0.2, 0.25) is 0 Å². The van der Waals surface area contributed by atoms with Crippen LogP contribution >= 0.6 is 0 Å². The molecule has 31 nitrogen and oxygen atoms in total. The fraction of sp³-hybridized carbons (Fsp3) is 0.535. The van der Waals surface area contributed by atoms with Gasteiger partial charge in [0.25, 0.3) is 0 Å². The highest BCUT2D eigenvalue weighted by Gasteiger charge is 2.37. The van der Waals surface area contributed by atoms with E-state index in [1.165, 1.54) is 11.8 Å². The smallest absolute Gasteiger partial charge is 0.326 e. The summed E-state index contributed by atoms with van der Waals surface area (Å²) in [5.74, 6) is -11.6. The molecule has 1 heterocycles. The molecule has 0 unspecified atom stereocenters. The fourth-order valence-electron chi connectivity index (χ4n) is 6.95. The van der Waals surface area contributed by atoms with Crippen molar-refractivity contribution in [3.05, 3.63) is 35.9 Å². The molecule has 0 saturated carbocycles. The molecule has 1 aliphatic rings. The van der Waals surface area contributed by atoms with E-state index in [0.29, 0.717) is 12.0 Å². The van der Waals surface area contributed by atoms with Crippen LogP contribution in [0.25, 0.3) is 0 Å². The van der Waals surface area contributed by atoms with Gasteiger partial charge in [0.1, 0.15) is 36.3 Å². The maximum absolute atomic E-state index is 14.1. The third kappa shape index (κ3) is 24.0. The molecule has 31 heteroatoms. The lowest BCUT2D eigenvalue weighted by atomic mass is 10.0. The molecule has 1 fully saturated rings. The van der Waals surface area contributed by atoms with Crippen molar-refractivity contribution in [2.45, 2.75) is 94.5 Å². The molecule has 1 saturated heterocycles. The van der Waals surface area contributed by atoms with Crippen LogP contribution in [0, 0.1) is 0 Å². The summed E-state index contributed by atoms with van der Waals surface area (Å²) in [5.41, 5.74) is 27.5. The highest BCUT2D eigenvalue weighted by molar-refractivity contribution is 5.97. The molecule has 0 bridgehead atoms. The van der Waals surface area contributed by atoms with Crippen LogP contribution < -0.4 is 76.5 Å². The van der Waals surface area contributed by atoms with E-state index in [-0.39, 0.29) is 76.6 Å². The highest BCUT2D eigenvalue weighted by atomic mass is 16.4. The van der Waals surface area contributed by atoms with Crippen molar-refractivity contribution in [1.29, 1.82) is 0 Å². The van der Waals surface area contributed by atoms with E-state index in [4.69, 9.17) is 33.8 Å². The topological polar surface area (TPSA) is 512 Å². The minimum atomic E-state index is -1.80. The summed E-state index contributed by atoms with van der Waals surface area (Å²) in [7, 11) is 0. The maximum atomic E-state index is 14.1. The van der Waals surface area contributed by atoms with Gasteiger partial charge in [-0.05, 0) is 51.0 Å². The van der Waals surface area contributed by atoms with Crippen molar-refractivity contribution in [1.82, 2.24) is 52.8 Å². The molecule has 0 aromatic heterocycles. The van der Waals surface area contributed by atoms with Crippen LogP contribution in [0.3, 0.4) is 0 Å². The number of benzene rings is 1. The van der Waals surface area contributed by atoms with Gasteiger partial charge < -0.3 is 91.6 Å². The van der Waals surface area contributed by atoms with E-state index in [0.717, 1.165) is 0 Å². The van der Waals surface area contributed by atoms with Crippen LogP contribution in [0.1, 0.15) is 57.4 Å². The van der Waals surface area contributed by atoms with E-state index < -0.39 is 140 Å². The van der Waals surface area contributed by atoms with E-state index in [2.05, 4.69) is 52.5 Å². The van der Waals surface area contributed by atoms with Crippen molar-refractivity contribution in [2.75, 3.05) is 52.4 Å². The predicted octanol–water partition coefficient (Wildman–Crippen LogP) is -8.25. The third-order valence-corrected chi connectivity index (χ3v) is 10.6. The molecule has 0 radical (unpaired) electrons. The third-order valence-electron chi connectivity index (χ3n) is 10.6. The summed E-state index contributed by atoms with van der Waals surface area (Å²) in [6.45, 7) is -1.35. The first kappa shape index (κ1) is 61.5. The molecule has 1 aromatic rings. The molecule has 74 heavy (non-hydrogen) atoms. The SMILES string of the molecule is C[C@H](NC(=O)CNC(=O)CN)C(=O)NCC(=O)N1CCC[C@H]1C(=O)N[C@@H](CCCN=C(N)N)C(=O)N[C@@H](Cc1ccccc1)C(=O)NCC(=O)N[C@@H](CCCN=C(N)N)C(=O)NCC(=O)N[C@@H](CC(=O)O)C(=O)O. The zero-order chi connectivity index (χ0) is 55.3. The fourth-order valence-corrected chi connectivity index (χ4v) is 6.95. The first-order valence-corrected chi connectivity index (χ1v) is 23.2. The Labute approximate surface area is 424 Å². The second-order valence-corrected chi connectivity index (χ2v) is 16.6. The summed E-state index contributed by atoms with van der Waals surface area (Å²) in [6, 6.07) is 0.345. The van der Waals surface area contributed by atoms with Crippen molar-refractivity contribution in [3.63, 3.8) is 0 Å². The van der Waals surface area contributed by atoms with Crippen molar-refractivity contribution >= 4 is 82.9 Å². The number of rotatable bonds is 32. The number of aliphatic imine (C=N–C) groups is 2. The number of guanidine groups is 2. The molecule has 1 aromatic carbocycles. The molecular weight excluding hydrogens is 979 g/mol. The van der Waals surface area contributed by atoms with E-state index in [1.54, 1.807) is 30.3 Å². The number of nitrogens with two attached hydrogens (primary N) is 5. The number of aliphatic carboxylic acids is 2. The van der Waals surface area contributed by atoms with Gasteiger partial charge in [-0.1, -0.05) is 30.3 Å². The molecule has 21 N–H and O–H groups in total. The lowest BCUT2D eigenvalue weighted by molar-refractivity contribution is -0.147. The van der Waals surface area contributed by atoms with E-state index >= 15 is 0 Å². The van der Waals surface area contributed by atoms with Crippen LogP contribution in [-0.4, -0.2) is 187 Å². The van der Waals surface area contributed by atoms with Gasteiger partial charge in [0.15, 0.2) is 11.9 Å². The van der Waals surface area contributed by atoms with Gasteiger partial charge in [0.2, 0.25) is 59.1 Å². The van der Waals surface area contributed by atoms with Gasteiger partial charge in [-0.2, -0.15) is 0 Å². The Bertz CT molecular complexity index is 2220. The molecule has 6 atom stereocenters. The Morgan fingerprint density at radius 1 is 0.622 bits per heavy atom. The van der Waals surface area contributed by atoms with Crippen LogP contribution in [0.15, 0.2) is 40.3 Å². The number of carboxylic acids is 2. The summed E-state index contributed by atoms with van der Waals surface area (Å²) in [6.07, 6.45) is -0.384. The van der Waals surface area contributed by atoms with Gasteiger partial charge in [-0.25, -0.2) is 4.79 Å². The Morgan fingerprint density at radius 3 is 1.68 bits per heavy atom. The molecule has 0 aliphatic carbocycles. The number of carboxylic acid groups (broad SMARTS) is 2. The second kappa shape index (κ2) is 32.4. The molecule has 2 rings (SSSR count). The average molecular weight is 1050 g/mol. The van der Waals surface area contributed by atoms with Gasteiger partial charge >= 0.3 is 11.9 Å². The molecule has 408 valence electrons. The summed E-state index contributed by atoms with van der Waals surface area (Å²) >= 11 is 0. The molecule has 10 amide bonds. The quantitative estimate of drug-likeness (QED) is 0.0181. The zero-order valence-corrected chi connectivity index (χ0v) is 40.7. The zero-order valence-electron chi connectivity index (χ0n) is 40.7. The van der Waals surface area contributed by atoms with Crippen LogP contribution in [0.5, 0.6) is 0 Å². The van der Waals surface area contributed by atoms with E-state index in [1.807, 2.05) is 5.32 Å². The lowest BCUT2D eigenvalue weighted by Crippen LogP contribution is -2.58. The number of amides is 10. The van der Waals surface area contributed by atoms with Gasteiger partial charge in [-0.3, -0.25) is 62.7 Å². The molecule has 0 spiro atoms. The number of likely N-dealkylation sites (tertiary alicyclic amines) is 1. The normalized spacial score (nSPS) is 14.6. The predicted molar refractivity (Wildman–Crippen MR) is 261 cm³/mol. The number of nitrogens with zero attached hydrogens (tertiary/aromatic N) is 3.